The molecule has 0 aliphatic rings. The number of rotatable bonds is 3. The third-order valence-electron chi connectivity index (χ3n) is 3.00. The highest BCUT2D eigenvalue weighted by atomic mass is 32.1. The molecule has 3 rings (SSSR count). The fraction of sp³-hybridized carbons (Fsp3) is 0.0667. The number of alkyl halides is 3. The van der Waals surface area contributed by atoms with Gasteiger partial charge in [0.1, 0.15) is 22.9 Å². The Morgan fingerprint density at radius 1 is 1.12 bits per heavy atom. The normalized spacial score (nSPS) is 11.6. The van der Waals surface area contributed by atoms with Gasteiger partial charge in [0.15, 0.2) is 5.13 Å². The van der Waals surface area contributed by atoms with E-state index in [1.54, 1.807) is 0 Å². The number of nitrogens with zero attached hydrogens (tertiary/aromatic N) is 1. The summed E-state index contributed by atoms with van der Waals surface area (Å²) in [6.45, 7) is 0. The second-order valence-corrected chi connectivity index (χ2v) is 5.78. The highest BCUT2D eigenvalue weighted by Gasteiger charge is 2.31. The van der Waals surface area contributed by atoms with Crippen LogP contribution in [-0.4, -0.2) is 17.3 Å². The average Bonchev–Trinajstić information content (AvgIpc) is 2.86. The molecule has 0 aliphatic carbocycles. The van der Waals surface area contributed by atoms with Crippen LogP contribution >= 0.6 is 11.3 Å². The number of benzene rings is 2. The Hall–Kier alpha value is -2.75. The van der Waals surface area contributed by atoms with Crippen molar-refractivity contribution < 1.29 is 31.5 Å². The number of ether oxygens (including phenoxy) is 1. The molecule has 0 radical (unpaired) electrons. The smallest absolute Gasteiger partial charge is 0.406 e. The van der Waals surface area contributed by atoms with Gasteiger partial charge in [-0.25, -0.2) is 13.8 Å². The van der Waals surface area contributed by atoms with Crippen LogP contribution in [0.2, 0.25) is 0 Å². The molecule has 0 fully saturated rings. The minimum Gasteiger partial charge on any atom is -0.406 e. The Balaban J connectivity index is 1.86. The maximum atomic E-state index is 13.6. The van der Waals surface area contributed by atoms with Crippen LogP contribution in [0, 0.1) is 11.6 Å². The van der Waals surface area contributed by atoms with Gasteiger partial charge in [0.05, 0.1) is 10.2 Å². The molecule has 1 heterocycles. The lowest BCUT2D eigenvalue weighted by Crippen LogP contribution is -2.16. The van der Waals surface area contributed by atoms with E-state index in [1.807, 2.05) is 0 Å². The Labute approximate surface area is 140 Å². The van der Waals surface area contributed by atoms with E-state index in [1.165, 1.54) is 6.07 Å². The van der Waals surface area contributed by atoms with Gasteiger partial charge in [-0.1, -0.05) is 17.4 Å². The highest BCUT2D eigenvalue weighted by molar-refractivity contribution is 7.22. The predicted octanol–water partition coefficient (Wildman–Crippen LogP) is 4.73. The molecule has 10 heteroatoms. The van der Waals surface area contributed by atoms with Gasteiger partial charge in [-0.15, -0.1) is 13.2 Å². The van der Waals surface area contributed by atoms with Crippen LogP contribution in [0.5, 0.6) is 5.75 Å². The summed E-state index contributed by atoms with van der Waals surface area (Å²) in [5.74, 6) is -3.58. The van der Waals surface area contributed by atoms with Gasteiger partial charge in [0, 0.05) is 6.07 Å². The van der Waals surface area contributed by atoms with Crippen LogP contribution in [0.4, 0.5) is 27.1 Å². The van der Waals surface area contributed by atoms with E-state index in [9.17, 15) is 26.7 Å². The zero-order valence-electron chi connectivity index (χ0n) is 12.0. The first kappa shape index (κ1) is 17.1. The molecular formula is C15H7F5N2O2S. The molecule has 0 atom stereocenters. The topological polar surface area (TPSA) is 51.2 Å². The number of aromatic nitrogens is 1. The molecule has 4 nitrogen and oxygen atoms in total. The van der Waals surface area contributed by atoms with E-state index in [2.05, 4.69) is 15.0 Å². The van der Waals surface area contributed by atoms with Crippen LogP contribution in [0.15, 0.2) is 36.4 Å². The molecule has 2 aromatic carbocycles. The maximum absolute atomic E-state index is 13.6. The molecule has 130 valence electrons. The molecular weight excluding hydrogens is 367 g/mol. The molecule has 1 amide bonds. The van der Waals surface area contributed by atoms with Gasteiger partial charge in [-0.2, -0.15) is 0 Å². The minimum absolute atomic E-state index is 0.0215. The van der Waals surface area contributed by atoms with E-state index in [-0.39, 0.29) is 5.13 Å². The third kappa shape index (κ3) is 3.85. The number of nitrogens with one attached hydrogen (secondary N) is 1. The van der Waals surface area contributed by atoms with Crippen molar-refractivity contribution in [3.05, 3.63) is 53.6 Å². The summed E-state index contributed by atoms with van der Waals surface area (Å²) < 4.78 is 67.9. The van der Waals surface area contributed by atoms with Crippen molar-refractivity contribution in [2.45, 2.75) is 6.36 Å². The minimum atomic E-state index is -4.84. The van der Waals surface area contributed by atoms with Crippen molar-refractivity contribution in [1.29, 1.82) is 0 Å². The monoisotopic (exact) mass is 374 g/mol. The Morgan fingerprint density at radius 3 is 2.44 bits per heavy atom. The summed E-state index contributed by atoms with van der Waals surface area (Å²) >= 11 is 0.837. The molecule has 3 aromatic rings. The summed E-state index contributed by atoms with van der Waals surface area (Å²) in [4.78, 5) is 16.0. The zero-order chi connectivity index (χ0) is 18.2. The van der Waals surface area contributed by atoms with E-state index >= 15 is 0 Å². The van der Waals surface area contributed by atoms with Gasteiger partial charge in [-0.3, -0.25) is 10.1 Å². The quantitative estimate of drug-likeness (QED) is 0.675. The van der Waals surface area contributed by atoms with Crippen LogP contribution in [0.25, 0.3) is 10.2 Å². The summed E-state index contributed by atoms with van der Waals surface area (Å²) in [6, 6.07) is 6.40. The van der Waals surface area contributed by atoms with E-state index in [0.29, 0.717) is 10.2 Å². The molecule has 0 spiro atoms. The zero-order valence-corrected chi connectivity index (χ0v) is 12.8. The second-order valence-electron chi connectivity index (χ2n) is 4.75. The molecule has 0 aliphatic heterocycles. The van der Waals surface area contributed by atoms with E-state index in [0.717, 1.165) is 41.7 Å². The van der Waals surface area contributed by atoms with Gasteiger partial charge in [0.25, 0.3) is 5.91 Å². The maximum Gasteiger partial charge on any atom is 0.573 e. The van der Waals surface area contributed by atoms with E-state index < -0.39 is 35.2 Å². The van der Waals surface area contributed by atoms with Crippen molar-refractivity contribution in [3.63, 3.8) is 0 Å². The lowest BCUT2D eigenvalue weighted by Gasteiger charge is -2.07. The number of thiazole rings is 1. The molecule has 25 heavy (non-hydrogen) atoms. The fourth-order valence-corrected chi connectivity index (χ4v) is 2.92. The van der Waals surface area contributed by atoms with Crippen molar-refractivity contribution in [3.8, 4) is 5.75 Å². The van der Waals surface area contributed by atoms with Crippen LogP contribution in [0.1, 0.15) is 10.4 Å². The van der Waals surface area contributed by atoms with Crippen LogP contribution < -0.4 is 10.1 Å². The fourth-order valence-electron chi connectivity index (χ4n) is 2.03. The average molecular weight is 374 g/mol. The first-order valence-electron chi connectivity index (χ1n) is 6.64. The molecule has 0 unspecified atom stereocenters. The number of fused-ring (bicyclic) bond motifs is 1. The summed E-state index contributed by atoms with van der Waals surface area (Å²) in [6.07, 6.45) is -4.84. The largest absolute Gasteiger partial charge is 0.573 e. The van der Waals surface area contributed by atoms with Gasteiger partial charge in [0.2, 0.25) is 0 Å². The number of hydrogen-bond acceptors (Lipinski definition) is 4. The van der Waals surface area contributed by atoms with Gasteiger partial charge < -0.3 is 4.74 Å². The molecule has 0 saturated carbocycles. The summed E-state index contributed by atoms with van der Waals surface area (Å²) in [5, 5.41) is 2.20. The van der Waals surface area contributed by atoms with E-state index in [4.69, 9.17) is 0 Å². The summed E-state index contributed by atoms with van der Waals surface area (Å²) in [7, 11) is 0. The Bertz CT molecular complexity index is 934. The Kier molecular flexibility index (Phi) is 4.29. The molecule has 1 aromatic heterocycles. The predicted molar refractivity (Wildman–Crippen MR) is 80.6 cm³/mol. The molecule has 1 N–H and O–H groups in total. The number of halogens is 5. The molecule has 0 bridgehead atoms. The lowest BCUT2D eigenvalue weighted by atomic mass is 10.2. The van der Waals surface area contributed by atoms with Gasteiger partial charge >= 0.3 is 6.36 Å². The van der Waals surface area contributed by atoms with Crippen molar-refractivity contribution in [1.82, 2.24) is 4.98 Å². The van der Waals surface area contributed by atoms with Crippen LogP contribution in [-0.2, 0) is 0 Å². The number of amides is 1. The number of anilines is 1. The highest BCUT2D eigenvalue weighted by Crippen LogP contribution is 2.32. The number of hydrogen-bond donors (Lipinski definition) is 1. The standard InChI is InChI=1S/C15H7F5N2O2S/c16-8-2-1-3-9(17)12(8)13(23)22-14-21-10-5-4-7(6-11(10)25-14)24-15(18,19)20/h1-6H,(H,21,22,23). The van der Waals surface area contributed by atoms with Crippen molar-refractivity contribution >= 4 is 32.6 Å². The van der Waals surface area contributed by atoms with Crippen molar-refractivity contribution in [2.75, 3.05) is 5.32 Å². The number of carbonyl (C=O) groups is 1. The van der Waals surface area contributed by atoms with Crippen molar-refractivity contribution in [2.24, 2.45) is 0 Å². The summed E-state index contributed by atoms with van der Waals surface area (Å²) in [5.41, 5.74) is -0.480. The SMILES string of the molecule is O=C(Nc1nc2ccc(OC(F)(F)F)cc2s1)c1c(F)cccc1F. The third-order valence-corrected chi connectivity index (χ3v) is 3.94. The van der Waals surface area contributed by atoms with Gasteiger partial charge in [-0.05, 0) is 24.3 Å². The first-order chi connectivity index (χ1) is 11.7. The second kappa shape index (κ2) is 6.28. The Morgan fingerprint density at radius 2 is 1.80 bits per heavy atom. The number of carbonyl (C=O) groups excluding carboxylic acids is 1. The molecule has 0 saturated heterocycles. The first-order valence-corrected chi connectivity index (χ1v) is 7.46. The van der Waals surface area contributed by atoms with Crippen LogP contribution in [0.3, 0.4) is 0 Å². The lowest BCUT2D eigenvalue weighted by molar-refractivity contribution is -0.274.